The fourth-order valence-corrected chi connectivity index (χ4v) is 3.09. The van der Waals surface area contributed by atoms with Crippen LogP contribution in [0.4, 0.5) is 5.69 Å². The summed E-state index contributed by atoms with van der Waals surface area (Å²) in [5.74, 6) is -0.787. The van der Waals surface area contributed by atoms with Gasteiger partial charge in [-0.05, 0) is 29.9 Å². The monoisotopic (exact) mass is 374 g/mol. The minimum absolute atomic E-state index is 0.0861. The second-order valence-corrected chi connectivity index (χ2v) is 7.58. The van der Waals surface area contributed by atoms with E-state index in [0.29, 0.717) is 24.9 Å². The van der Waals surface area contributed by atoms with Gasteiger partial charge in [0.25, 0.3) is 5.91 Å². The van der Waals surface area contributed by atoms with Crippen LogP contribution in [0.1, 0.15) is 52.0 Å². The molecule has 0 unspecified atom stereocenters. The second kappa shape index (κ2) is 9.53. The van der Waals surface area contributed by atoms with Gasteiger partial charge in [0, 0.05) is 25.2 Å². The normalized spacial score (nSPS) is 17.9. The maximum atomic E-state index is 12.5. The molecule has 148 valence electrons. The highest BCUT2D eigenvalue weighted by molar-refractivity contribution is 6.00. The highest BCUT2D eigenvalue weighted by Crippen LogP contribution is 2.33. The Morgan fingerprint density at radius 3 is 2.63 bits per heavy atom. The molecule has 2 atom stereocenters. The largest absolute Gasteiger partial charge is 0.455 e. The van der Waals surface area contributed by atoms with Crippen LogP contribution in [0.3, 0.4) is 0 Å². The minimum Gasteiger partial charge on any atom is -0.455 e. The maximum absolute atomic E-state index is 12.5. The van der Waals surface area contributed by atoms with Crippen molar-refractivity contribution in [2.75, 3.05) is 24.6 Å². The Balaban J connectivity index is 1.97. The van der Waals surface area contributed by atoms with Crippen molar-refractivity contribution in [1.82, 2.24) is 5.32 Å². The molecule has 1 heterocycles. The predicted molar refractivity (Wildman–Crippen MR) is 104 cm³/mol. The third kappa shape index (κ3) is 5.55. The Morgan fingerprint density at radius 1 is 1.26 bits per heavy atom. The summed E-state index contributed by atoms with van der Waals surface area (Å²) in [7, 11) is 0. The van der Waals surface area contributed by atoms with Gasteiger partial charge in [-0.2, -0.15) is 0 Å². The lowest BCUT2D eigenvalue weighted by atomic mass is 9.96. The first-order valence-corrected chi connectivity index (χ1v) is 9.66. The number of amides is 2. The highest BCUT2D eigenvalue weighted by Gasteiger charge is 2.37. The van der Waals surface area contributed by atoms with E-state index in [1.165, 1.54) is 0 Å². The predicted octanol–water partition coefficient (Wildman–Crippen LogP) is 2.87. The van der Waals surface area contributed by atoms with Crippen LogP contribution in [0.25, 0.3) is 0 Å². The molecule has 27 heavy (non-hydrogen) atoms. The van der Waals surface area contributed by atoms with Crippen molar-refractivity contribution in [1.29, 1.82) is 0 Å². The highest BCUT2D eigenvalue weighted by atomic mass is 16.5. The van der Waals surface area contributed by atoms with Crippen LogP contribution in [0.2, 0.25) is 0 Å². The molecule has 2 rings (SSSR count). The lowest BCUT2D eigenvalue weighted by molar-refractivity contribution is -0.152. The van der Waals surface area contributed by atoms with Gasteiger partial charge in [0.1, 0.15) is 0 Å². The van der Waals surface area contributed by atoms with E-state index in [2.05, 4.69) is 19.2 Å². The minimum atomic E-state index is -0.541. The molecule has 0 bridgehead atoms. The molecule has 1 fully saturated rings. The molecule has 6 nitrogen and oxygen atoms in total. The van der Waals surface area contributed by atoms with Gasteiger partial charge >= 0.3 is 5.97 Å². The summed E-state index contributed by atoms with van der Waals surface area (Å²) in [5, 5.41) is 2.70. The number of ether oxygens (including phenoxy) is 1. The number of rotatable bonds is 8. The summed E-state index contributed by atoms with van der Waals surface area (Å²) < 4.78 is 5.12. The standard InChI is InChI=1S/C21H30N2O4/c1-5-15(4)17-8-6-7-9-18(17)23-12-16(10-20(23)25)21(26)27-13-19(24)22-11-14(2)3/h6-9,14-16H,5,10-13H2,1-4H3,(H,22,24)/t15-,16+/m1/s1. The maximum Gasteiger partial charge on any atom is 0.311 e. The van der Waals surface area contributed by atoms with Crippen LogP contribution in [-0.4, -0.2) is 37.5 Å². The Morgan fingerprint density at radius 2 is 1.96 bits per heavy atom. The van der Waals surface area contributed by atoms with Gasteiger partial charge in [0.2, 0.25) is 5.91 Å². The average Bonchev–Trinajstić information content (AvgIpc) is 3.05. The average molecular weight is 374 g/mol. The van der Waals surface area contributed by atoms with Gasteiger partial charge in [-0.15, -0.1) is 0 Å². The Hall–Kier alpha value is -2.37. The van der Waals surface area contributed by atoms with Crippen LogP contribution in [0, 0.1) is 11.8 Å². The van der Waals surface area contributed by atoms with Gasteiger partial charge in [0.15, 0.2) is 6.61 Å². The van der Waals surface area contributed by atoms with Crippen molar-refractivity contribution in [2.45, 2.75) is 46.5 Å². The fraction of sp³-hybridized carbons (Fsp3) is 0.571. The molecule has 6 heteroatoms. The molecule has 1 N–H and O–H groups in total. The van der Waals surface area contributed by atoms with E-state index in [1.54, 1.807) is 4.90 Å². The molecule has 1 aliphatic heterocycles. The van der Waals surface area contributed by atoms with Crippen molar-refractivity contribution in [3.8, 4) is 0 Å². The molecule has 0 radical (unpaired) electrons. The molecular weight excluding hydrogens is 344 g/mol. The SMILES string of the molecule is CC[C@@H](C)c1ccccc1N1C[C@@H](C(=O)OCC(=O)NCC(C)C)CC1=O. The molecule has 1 aliphatic rings. The zero-order valence-corrected chi connectivity index (χ0v) is 16.7. The number of benzene rings is 1. The fourth-order valence-electron chi connectivity index (χ4n) is 3.09. The van der Waals surface area contributed by atoms with E-state index in [1.807, 2.05) is 38.1 Å². The molecule has 0 saturated carbocycles. The lowest BCUT2D eigenvalue weighted by Crippen LogP contribution is -2.33. The summed E-state index contributed by atoms with van der Waals surface area (Å²) in [5.41, 5.74) is 1.97. The van der Waals surface area contributed by atoms with E-state index >= 15 is 0 Å². The van der Waals surface area contributed by atoms with E-state index in [9.17, 15) is 14.4 Å². The van der Waals surface area contributed by atoms with E-state index in [4.69, 9.17) is 4.74 Å². The Kier molecular flexibility index (Phi) is 7.39. The first-order valence-electron chi connectivity index (χ1n) is 9.66. The summed E-state index contributed by atoms with van der Waals surface area (Å²) in [6.45, 7) is 8.74. The summed E-state index contributed by atoms with van der Waals surface area (Å²) in [4.78, 5) is 38.2. The Labute approximate surface area is 161 Å². The number of para-hydroxylation sites is 1. The van der Waals surface area contributed by atoms with Gasteiger partial charge in [-0.1, -0.05) is 45.9 Å². The van der Waals surface area contributed by atoms with Crippen LogP contribution < -0.4 is 10.2 Å². The topological polar surface area (TPSA) is 75.7 Å². The molecule has 0 aliphatic carbocycles. The molecule has 1 aromatic carbocycles. The van der Waals surface area contributed by atoms with Crippen LogP contribution >= 0.6 is 0 Å². The molecule has 1 aromatic rings. The first-order chi connectivity index (χ1) is 12.8. The van der Waals surface area contributed by atoms with E-state index in [-0.39, 0.29) is 24.8 Å². The number of hydrogen-bond donors (Lipinski definition) is 1. The zero-order valence-electron chi connectivity index (χ0n) is 16.7. The second-order valence-electron chi connectivity index (χ2n) is 7.58. The third-order valence-electron chi connectivity index (χ3n) is 4.88. The van der Waals surface area contributed by atoms with Crippen LogP contribution in [-0.2, 0) is 19.1 Å². The number of esters is 1. The third-order valence-corrected chi connectivity index (χ3v) is 4.88. The quantitative estimate of drug-likeness (QED) is 0.710. The molecule has 1 saturated heterocycles. The van der Waals surface area contributed by atoms with Gasteiger partial charge < -0.3 is 15.0 Å². The number of nitrogens with zero attached hydrogens (tertiary/aromatic N) is 1. The van der Waals surface area contributed by atoms with Crippen molar-refractivity contribution in [3.63, 3.8) is 0 Å². The van der Waals surface area contributed by atoms with Gasteiger partial charge in [0.05, 0.1) is 5.92 Å². The van der Waals surface area contributed by atoms with Crippen molar-refractivity contribution in [2.24, 2.45) is 11.8 Å². The van der Waals surface area contributed by atoms with E-state index in [0.717, 1.165) is 17.7 Å². The smallest absolute Gasteiger partial charge is 0.311 e. The number of anilines is 1. The Bertz CT molecular complexity index is 687. The number of carbonyl (C=O) groups excluding carboxylic acids is 3. The van der Waals surface area contributed by atoms with E-state index < -0.39 is 11.9 Å². The van der Waals surface area contributed by atoms with Crippen molar-refractivity contribution in [3.05, 3.63) is 29.8 Å². The van der Waals surface area contributed by atoms with Crippen molar-refractivity contribution >= 4 is 23.5 Å². The lowest BCUT2D eigenvalue weighted by Gasteiger charge is -2.23. The first kappa shape index (κ1) is 20.9. The van der Waals surface area contributed by atoms with Crippen molar-refractivity contribution < 1.29 is 19.1 Å². The summed E-state index contributed by atoms with van der Waals surface area (Å²) >= 11 is 0. The molecular formula is C21H30N2O4. The number of carbonyl (C=O) groups is 3. The van der Waals surface area contributed by atoms with Crippen LogP contribution in [0.5, 0.6) is 0 Å². The number of hydrogen-bond acceptors (Lipinski definition) is 4. The van der Waals surface area contributed by atoms with Crippen LogP contribution in [0.15, 0.2) is 24.3 Å². The molecule has 2 amide bonds. The van der Waals surface area contributed by atoms with Gasteiger partial charge in [-0.3, -0.25) is 14.4 Å². The number of nitrogens with one attached hydrogen (secondary N) is 1. The molecule has 0 aromatic heterocycles. The zero-order chi connectivity index (χ0) is 20.0. The van der Waals surface area contributed by atoms with Gasteiger partial charge in [-0.25, -0.2) is 0 Å². The summed E-state index contributed by atoms with van der Waals surface area (Å²) in [6, 6.07) is 7.82. The molecule has 0 spiro atoms. The summed E-state index contributed by atoms with van der Waals surface area (Å²) in [6.07, 6.45) is 1.08.